The fraction of sp³-hybridized carbons (Fsp3) is 0.412. The zero-order chi connectivity index (χ0) is 16.2. The molecular formula is C17H21NO4. The van der Waals surface area contributed by atoms with Crippen LogP contribution in [0.25, 0.3) is 0 Å². The molecule has 0 unspecified atom stereocenters. The summed E-state index contributed by atoms with van der Waals surface area (Å²) >= 11 is 0. The molecule has 1 aromatic carbocycles. The van der Waals surface area contributed by atoms with E-state index in [0.29, 0.717) is 12.1 Å². The van der Waals surface area contributed by atoms with Crippen LogP contribution in [0.2, 0.25) is 0 Å². The topological polar surface area (TPSA) is 55.8 Å². The molecule has 0 saturated heterocycles. The molecule has 1 aromatic rings. The van der Waals surface area contributed by atoms with Crippen molar-refractivity contribution in [1.82, 2.24) is 4.90 Å². The Labute approximate surface area is 130 Å². The molecule has 1 amide bonds. The smallest absolute Gasteiger partial charge is 0.410 e. The monoisotopic (exact) mass is 303 g/mol. The summed E-state index contributed by atoms with van der Waals surface area (Å²) in [6.07, 6.45) is 1.27. The van der Waals surface area contributed by atoms with Gasteiger partial charge >= 0.3 is 12.1 Å². The van der Waals surface area contributed by atoms with Gasteiger partial charge in [-0.05, 0) is 26.3 Å². The maximum atomic E-state index is 12.0. The number of amides is 1. The molecule has 0 bridgehead atoms. The maximum Gasteiger partial charge on any atom is 0.410 e. The Morgan fingerprint density at radius 2 is 1.86 bits per heavy atom. The predicted molar refractivity (Wildman–Crippen MR) is 82.1 cm³/mol. The molecule has 118 valence electrons. The molecule has 1 aliphatic rings. The van der Waals surface area contributed by atoms with Crippen molar-refractivity contribution >= 4 is 12.1 Å². The summed E-state index contributed by atoms with van der Waals surface area (Å²) in [5, 5.41) is 0. The molecule has 0 atom stereocenters. The molecule has 0 aliphatic carbocycles. The second-order valence-corrected chi connectivity index (χ2v) is 6.15. The van der Waals surface area contributed by atoms with Crippen molar-refractivity contribution < 1.29 is 19.1 Å². The predicted octanol–water partition coefficient (Wildman–Crippen LogP) is 2.91. The first-order valence-corrected chi connectivity index (χ1v) is 7.23. The van der Waals surface area contributed by atoms with Gasteiger partial charge in [-0.3, -0.25) is 4.90 Å². The molecule has 2 rings (SSSR count). The Balaban J connectivity index is 1.81. The van der Waals surface area contributed by atoms with Crippen molar-refractivity contribution in [3.8, 4) is 0 Å². The lowest BCUT2D eigenvalue weighted by Gasteiger charge is -2.20. The van der Waals surface area contributed by atoms with Crippen LogP contribution in [0.3, 0.4) is 0 Å². The van der Waals surface area contributed by atoms with E-state index in [-0.39, 0.29) is 19.1 Å². The summed E-state index contributed by atoms with van der Waals surface area (Å²) in [6, 6.07) is 9.47. The highest BCUT2D eigenvalue weighted by molar-refractivity contribution is 5.91. The highest BCUT2D eigenvalue weighted by atomic mass is 16.6. The Bertz CT molecular complexity index is 572. The minimum atomic E-state index is -0.542. The molecule has 0 spiro atoms. The lowest BCUT2D eigenvalue weighted by Crippen LogP contribution is -2.31. The Morgan fingerprint density at radius 1 is 1.18 bits per heavy atom. The van der Waals surface area contributed by atoms with Gasteiger partial charge in [-0.1, -0.05) is 36.4 Å². The highest BCUT2D eigenvalue weighted by Crippen LogP contribution is 2.16. The zero-order valence-electron chi connectivity index (χ0n) is 13.2. The van der Waals surface area contributed by atoms with Gasteiger partial charge in [0.25, 0.3) is 0 Å². The summed E-state index contributed by atoms with van der Waals surface area (Å²) in [5.74, 6) is -0.383. The summed E-state index contributed by atoms with van der Waals surface area (Å²) in [6.45, 7) is 6.24. The quantitative estimate of drug-likeness (QED) is 0.806. The lowest BCUT2D eigenvalue weighted by molar-refractivity contribution is -0.149. The van der Waals surface area contributed by atoms with Crippen molar-refractivity contribution in [3.05, 3.63) is 47.5 Å². The zero-order valence-corrected chi connectivity index (χ0v) is 13.2. The number of benzene rings is 1. The van der Waals surface area contributed by atoms with Gasteiger partial charge in [0.05, 0.1) is 12.1 Å². The van der Waals surface area contributed by atoms with Crippen LogP contribution < -0.4 is 0 Å². The fourth-order valence-electron chi connectivity index (χ4n) is 2.00. The van der Waals surface area contributed by atoms with Crippen molar-refractivity contribution in [3.63, 3.8) is 0 Å². The van der Waals surface area contributed by atoms with E-state index in [1.807, 2.05) is 51.1 Å². The summed E-state index contributed by atoms with van der Waals surface area (Å²) in [4.78, 5) is 25.4. The van der Waals surface area contributed by atoms with Crippen LogP contribution >= 0.6 is 0 Å². The van der Waals surface area contributed by atoms with Crippen LogP contribution in [0, 0.1) is 0 Å². The van der Waals surface area contributed by atoms with Gasteiger partial charge in [0, 0.05) is 6.54 Å². The summed E-state index contributed by atoms with van der Waals surface area (Å²) in [5.41, 5.74) is 0.876. The molecule has 1 aliphatic heterocycles. The molecule has 0 radical (unpaired) electrons. The largest absolute Gasteiger partial charge is 0.457 e. The van der Waals surface area contributed by atoms with E-state index in [0.717, 1.165) is 5.56 Å². The Hall–Kier alpha value is -2.30. The van der Waals surface area contributed by atoms with Gasteiger partial charge in [-0.2, -0.15) is 0 Å². The SMILES string of the molecule is CC(C)(C)OC(=O)C1=CCN(C(=O)OCc2ccccc2)C1. The number of esters is 1. The first kappa shape index (κ1) is 16.1. The third-order valence-corrected chi connectivity index (χ3v) is 3.04. The number of ether oxygens (including phenoxy) is 2. The molecule has 22 heavy (non-hydrogen) atoms. The van der Waals surface area contributed by atoms with E-state index in [9.17, 15) is 9.59 Å². The van der Waals surface area contributed by atoms with E-state index in [1.165, 1.54) is 4.90 Å². The third kappa shape index (κ3) is 4.62. The van der Waals surface area contributed by atoms with E-state index >= 15 is 0 Å². The average molecular weight is 303 g/mol. The number of hydrogen-bond donors (Lipinski definition) is 0. The molecule has 0 fully saturated rings. The van der Waals surface area contributed by atoms with Crippen molar-refractivity contribution in [2.24, 2.45) is 0 Å². The first-order valence-electron chi connectivity index (χ1n) is 7.23. The minimum absolute atomic E-state index is 0.220. The van der Waals surface area contributed by atoms with Crippen LogP contribution in [0.5, 0.6) is 0 Å². The van der Waals surface area contributed by atoms with Crippen LogP contribution in [0.15, 0.2) is 42.0 Å². The molecule has 1 heterocycles. The van der Waals surface area contributed by atoms with Crippen LogP contribution in [0.4, 0.5) is 4.79 Å². The van der Waals surface area contributed by atoms with Crippen LogP contribution in [-0.2, 0) is 20.9 Å². The number of nitrogens with zero attached hydrogens (tertiary/aromatic N) is 1. The molecule has 0 N–H and O–H groups in total. The highest BCUT2D eigenvalue weighted by Gasteiger charge is 2.27. The normalized spacial score (nSPS) is 14.5. The average Bonchev–Trinajstić information content (AvgIpc) is 2.94. The van der Waals surface area contributed by atoms with Crippen LogP contribution in [-0.4, -0.2) is 35.7 Å². The van der Waals surface area contributed by atoms with Gasteiger partial charge < -0.3 is 9.47 Å². The number of hydrogen-bond acceptors (Lipinski definition) is 4. The van der Waals surface area contributed by atoms with Crippen molar-refractivity contribution in [2.75, 3.05) is 13.1 Å². The summed E-state index contributed by atoms with van der Waals surface area (Å²) < 4.78 is 10.5. The number of carbonyl (C=O) groups excluding carboxylic acids is 2. The van der Waals surface area contributed by atoms with E-state index < -0.39 is 11.7 Å². The van der Waals surface area contributed by atoms with Gasteiger partial charge in [0.15, 0.2) is 0 Å². The number of carbonyl (C=O) groups is 2. The molecule has 0 saturated carbocycles. The minimum Gasteiger partial charge on any atom is -0.457 e. The maximum absolute atomic E-state index is 12.0. The van der Waals surface area contributed by atoms with Crippen LogP contribution in [0.1, 0.15) is 26.3 Å². The van der Waals surface area contributed by atoms with E-state index in [4.69, 9.17) is 9.47 Å². The lowest BCUT2D eigenvalue weighted by atomic mass is 10.2. The first-order chi connectivity index (χ1) is 10.3. The molecular weight excluding hydrogens is 282 g/mol. The Kier molecular flexibility index (Phi) is 4.85. The van der Waals surface area contributed by atoms with Gasteiger partial charge in [0.1, 0.15) is 12.2 Å². The second kappa shape index (κ2) is 6.64. The van der Waals surface area contributed by atoms with Gasteiger partial charge in [-0.15, -0.1) is 0 Å². The van der Waals surface area contributed by atoms with E-state index in [1.54, 1.807) is 6.08 Å². The second-order valence-electron chi connectivity index (χ2n) is 6.15. The van der Waals surface area contributed by atoms with Crippen molar-refractivity contribution in [1.29, 1.82) is 0 Å². The third-order valence-electron chi connectivity index (χ3n) is 3.04. The van der Waals surface area contributed by atoms with Crippen molar-refractivity contribution in [2.45, 2.75) is 33.0 Å². The van der Waals surface area contributed by atoms with E-state index in [2.05, 4.69) is 0 Å². The number of rotatable bonds is 3. The van der Waals surface area contributed by atoms with Gasteiger partial charge in [-0.25, -0.2) is 9.59 Å². The summed E-state index contributed by atoms with van der Waals surface area (Å²) in [7, 11) is 0. The fourth-order valence-corrected chi connectivity index (χ4v) is 2.00. The molecule has 5 nitrogen and oxygen atoms in total. The Morgan fingerprint density at radius 3 is 2.50 bits per heavy atom. The molecule has 0 aromatic heterocycles. The standard InChI is InChI=1S/C17H21NO4/c1-17(2,3)22-15(19)14-9-10-18(11-14)16(20)21-12-13-7-5-4-6-8-13/h4-9H,10-12H2,1-3H3. The molecule has 5 heteroatoms. The van der Waals surface area contributed by atoms with Gasteiger partial charge in [0.2, 0.25) is 0 Å².